The lowest BCUT2D eigenvalue weighted by atomic mass is 10.2. The Kier molecular flexibility index (Phi) is 2.22. The summed E-state index contributed by atoms with van der Waals surface area (Å²) in [4.78, 5) is 12.2. The number of benzene rings is 1. The van der Waals surface area contributed by atoms with Crippen LogP contribution in [0.25, 0.3) is 21.7 Å². The number of aromatic nitrogens is 3. The zero-order valence-corrected chi connectivity index (χ0v) is 9.28. The van der Waals surface area contributed by atoms with Crippen LogP contribution in [0.5, 0.6) is 5.88 Å². The number of fused-ring (bicyclic) bond motifs is 1. The Morgan fingerprint density at radius 1 is 1.12 bits per heavy atom. The van der Waals surface area contributed by atoms with E-state index in [1.54, 1.807) is 17.6 Å². The van der Waals surface area contributed by atoms with E-state index < -0.39 is 0 Å². The van der Waals surface area contributed by atoms with Gasteiger partial charge in [-0.15, -0.1) is 11.3 Å². The maximum absolute atomic E-state index is 12.8. The van der Waals surface area contributed by atoms with Crippen LogP contribution < -0.4 is 0 Å². The molecule has 0 aliphatic rings. The van der Waals surface area contributed by atoms with Crippen molar-refractivity contribution in [3.05, 3.63) is 35.6 Å². The molecule has 84 valence electrons. The third-order valence-corrected chi connectivity index (χ3v) is 3.09. The van der Waals surface area contributed by atoms with Crippen molar-refractivity contribution in [1.82, 2.24) is 15.0 Å². The number of nitrogens with zero attached hydrogens (tertiary/aromatic N) is 3. The molecule has 0 saturated heterocycles. The Morgan fingerprint density at radius 2 is 1.88 bits per heavy atom. The van der Waals surface area contributed by atoms with Crippen molar-refractivity contribution < 1.29 is 9.50 Å². The van der Waals surface area contributed by atoms with E-state index in [0.717, 1.165) is 0 Å². The summed E-state index contributed by atoms with van der Waals surface area (Å²) in [5.41, 5.74) is 2.67. The van der Waals surface area contributed by atoms with Crippen molar-refractivity contribution in [1.29, 1.82) is 0 Å². The molecular weight excluding hydrogens is 241 g/mol. The summed E-state index contributed by atoms with van der Waals surface area (Å²) in [6.45, 7) is 0. The first-order valence-electron chi connectivity index (χ1n) is 4.80. The number of rotatable bonds is 1. The summed E-state index contributed by atoms with van der Waals surface area (Å²) >= 11 is 1.27. The zero-order chi connectivity index (χ0) is 11.8. The van der Waals surface area contributed by atoms with E-state index in [2.05, 4.69) is 15.0 Å². The average Bonchev–Trinajstić information content (AvgIpc) is 2.78. The van der Waals surface area contributed by atoms with E-state index in [9.17, 15) is 9.50 Å². The van der Waals surface area contributed by atoms with Gasteiger partial charge in [0, 0.05) is 5.56 Å². The predicted octanol–water partition coefficient (Wildman–Crippen LogP) is 2.60. The topological polar surface area (TPSA) is 58.9 Å². The fourth-order valence-electron chi connectivity index (χ4n) is 1.48. The summed E-state index contributed by atoms with van der Waals surface area (Å²) in [5, 5.41) is 9.70. The number of hydrogen-bond donors (Lipinski definition) is 1. The van der Waals surface area contributed by atoms with Gasteiger partial charge in [0.25, 0.3) is 0 Å². The second kappa shape index (κ2) is 3.74. The van der Waals surface area contributed by atoms with Crippen molar-refractivity contribution in [2.45, 2.75) is 0 Å². The highest BCUT2D eigenvalue weighted by Crippen LogP contribution is 2.27. The van der Waals surface area contributed by atoms with Crippen LogP contribution in [-0.4, -0.2) is 20.1 Å². The molecule has 0 aliphatic carbocycles. The fourth-order valence-corrected chi connectivity index (χ4v) is 2.09. The summed E-state index contributed by atoms with van der Waals surface area (Å²) in [6.07, 6.45) is 0. The Hall–Kier alpha value is -2.08. The molecule has 0 aliphatic heterocycles. The van der Waals surface area contributed by atoms with Gasteiger partial charge in [-0.1, -0.05) is 0 Å². The van der Waals surface area contributed by atoms with Crippen LogP contribution in [0.4, 0.5) is 4.39 Å². The molecule has 0 amide bonds. The molecule has 4 nitrogen and oxygen atoms in total. The summed E-state index contributed by atoms with van der Waals surface area (Å²) in [7, 11) is 0. The maximum atomic E-state index is 12.8. The van der Waals surface area contributed by atoms with Crippen molar-refractivity contribution >= 4 is 21.7 Å². The van der Waals surface area contributed by atoms with Crippen LogP contribution >= 0.6 is 11.3 Å². The van der Waals surface area contributed by atoms with Crippen LogP contribution in [0.1, 0.15) is 0 Å². The van der Waals surface area contributed by atoms with Crippen LogP contribution in [0.2, 0.25) is 0 Å². The molecule has 1 aromatic carbocycles. The van der Waals surface area contributed by atoms with E-state index in [1.165, 1.54) is 23.5 Å². The highest BCUT2D eigenvalue weighted by molar-refractivity contribution is 7.17. The van der Waals surface area contributed by atoms with Crippen molar-refractivity contribution in [2.24, 2.45) is 0 Å². The normalized spacial score (nSPS) is 10.9. The van der Waals surface area contributed by atoms with Crippen LogP contribution in [0.3, 0.4) is 0 Å². The van der Waals surface area contributed by atoms with E-state index in [0.29, 0.717) is 21.7 Å². The van der Waals surface area contributed by atoms with Gasteiger partial charge in [0.15, 0.2) is 11.5 Å². The van der Waals surface area contributed by atoms with Crippen LogP contribution in [-0.2, 0) is 0 Å². The monoisotopic (exact) mass is 247 g/mol. The molecule has 0 spiro atoms. The van der Waals surface area contributed by atoms with Gasteiger partial charge in [0.05, 0.1) is 5.51 Å². The van der Waals surface area contributed by atoms with Gasteiger partial charge in [-0.3, -0.25) is 0 Å². The van der Waals surface area contributed by atoms with Crippen molar-refractivity contribution in [2.75, 3.05) is 0 Å². The lowest BCUT2D eigenvalue weighted by molar-refractivity contribution is 0.461. The highest BCUT2D eigenvalue weighted by Gasteiger charge is 2.10. The minimum Gasteiger partial charge on any atom is -0.492 e. The molecule has 1 N–H and O–H groups in total. The molecular formula is C11H6FN3OS. The second-order valence-electron chi connectivity index (χ2n) is 3.38. The van der Waals surface area contributed by atoms with Gasteiger partial charge in [-0.25, -0.2) is 14.4 Å². The molecule has 3 aromatic rings. The minimum atomic E-state index is -0.326. The first-order chi connectivity index (χ1) is 8.24. The van der Waals surface area contributed by atoms with Crippen molar-refractivity contribution in [3.8, 4) is 17.3 Å². The highest BCUT2D eigenvalue weighted by atomic mass is 32.1. The molecule has 6 heteroatoms. The molecule has 0 radical (unpaired) electrons. The van der Waals surface area contributed by atoms with Gasteiger partial charge in [-0.05, 0) is 24.3 Å². The zero-order valence-electron chi connectivity index (χ0n) is 8.46. The van der Waals surface area contributed by atoms with Crippen LogP contribution in [0, 0.1) is 5.82 Å². The molecule has 17 heavy (non-hydrogen) atoms. The number of thiazole rings is 1. The molecule has 0 saturated carbocycles. The molecule has 2 aromatic heterocycles. The van der Waals surface area contributed by atoms with E-state index in [4.69, 9.17) is 0 Å². The molecule has 2 heterocycles. The lowest BCUT2D eigenvalue weighted by Gasteiger charge is -2.00. The molecule has 0 atom stereocenters. The minimum absolute atomic E-state index is 0.100. The molecule has 3 rings (SSSR count). The number of halogens is 1. The van der Waals surface area contributed by atoms with E-state index in [-0.39, 0.29) is 11.7 Å². The Morgan fingerprint density at radius 3 is 2.65 bits per heavy atom. The molecule has 0 bridgehead atoms. The van der Waals surface area contributed by atoms with E-state index in [1.807, 2.05) is 0 Å². The second-order valence-corrected chi connectivity index (χ2v) is 4.24. The Bertz CT molecular complexity index is 681. The SMILES string of the molecule is Oc1nc(-c2ccc(F)cc2)nc2ncsc12. The third-order valence-electron chi connectivity index (χ3n) is 2.28. The van der Waals surface area contributed by atoms with Crippen molar-refractivity contribution in [3.63, 3.8) is 0 Å². The van der Waals surface area contributed by atoms with Crippen LogP contribution in [0.15, 0.2) is 29.8 Å². The first kappa shape index (κ1) is 10.1. The molecule has 0 unspecified atom stereocenters. The van der Waals surface area contributed by atoms with Gasteiger partial charge in [-0.2, -0.15) is 4.98 Å². The fraction of sp³-hybridized carbons (Fsp3) is 0. The van der Waals surface area contributed by atoms with Gasteiger partial charge in [0.2, 0.25) is 5.88 Å². The largest absolute Gasteiger partial charge is 0.492 e. The summed E-state index contributed by atoms with van der Waals surface area (Å²) < 4.78 is 13.3. The quantitative estimate of drug-likeness (QED) is 0.718. The maximum Gasteiger partial charge on any atom is 0.234 e. The Balaban J connectivity index is 2.20. The van der Waals surface area contributed by atoms with Gasteiger partial charge >= 0.3 is 0 Å². The van der Waals surface area contributed by atoms with Gasteiger partial charge < -0.3 is 5.11 Å². The molecule has 0 fully saturated rings. The Labute approximate surface area is 99.4 Å². The average molecular weight is 247 g/mol. The lowest BCUT2D eigenvalue weighted by Crippen LogP contribution is -1.90. The standard InChI is InChI=1S/C11H6FN3OS/c12-7-3-1-6(2-4-7)9-14-10-8(11(16)15-9)17-5-13-10/h1-5H,(H,14,15,16). The summed E-state index contributed by atoms with van der Waals surface area (Å²) in [6, 6.07) is 5.76. The van der Waals surface area contributed by atoms with Gasteiger partial charge in [0.1, 0.15) is 10.5 Å². The summed E-state index contributed by atoms with van der Waals surface area (Å²) in [5.74, 6) is -0.0922. The van der Waals surface area contributed by atoms with E-state index >= 15 is 0 Å². The number of hydrogen-bond acceptors (Lipinski definition) is 5. The first-order valence-corrected chi connectivity index (χ1v) is 5.68. The predicted molar refractivity (Wildman–Crippen MR) is 62.3 cm³/mol. The number of aromatic hydroxyl groups is 1. The third kappa shape index (κ3) is 1.72. The smallest absolute Gasteiger partial charge is 0.234 e.